The van der Waals surface area contributed by atoms with Crippen molar-refractivity contribution in [3.05, 3.63) is 292 Å². The van der Waals surface area contributed by atoms with E-state index in [0.29, 0.717) is 0 Å². The summed E-state index contributed by atoms with van der Waals surface area (Å²) in [6, 6.07) is 89.2. The minimum atomic E-state index is -0.404. The third kappa shape index (κ3) is 4.69. The van der Waals surface area contributed by atoms with E-state index < -0.39 is 5.41 Å². The van der Waals surface area contributed by atoms with Gasteiger partial charge < -0.3 is 4.90 Å². The number of fused-ring (bicyclic) bond motifs is 16. The zero-order valence-electron chi connectivity index (χ0n) is 37.0. The lowest BCUT2D eigenvalue weighted by atomic mass is 9.70. The summed E-state index contributed by atoms with van der Waals surface area (Å²) in [5.41, 5.74) is 26.2. The Morgan fingerprint density at radius 1 is 0.242 bits per heavy atom. The molecule has 310 valence electrons. The van der Waals surface area contributed by atoms with Crippen molar-refractivity contribution >= 4 is 17.1 Å². The molecule has 14 rings (SSSR count). The number of hydrogen-bond donors (Lipinski definition) is 0. The number of anilines is 3. The van der Waals surface area contributed by atoms with Crippen LogP contribution in [0.5, 0.6) is 0 Å². The Morgan fingerprint density at radius 2 is 0.545 bits per heavy atom. The third-order valence-electron chi connectivity index (χ3n) is 16.1. The van der Waals surface area contributed by atoms with Crippen molar-refractivity contribution in [2.24, 2.45) is 0 Å². The first kappa shape index (κ1) is 37.4. The standard InChI is InChI=1S/C65H45N/c1-63(42-19-5-3-6-20-42)56-29-15-10-26-50(56)53-39-44(34-37-57(53)63)66(46-33-36-52-47-23-9-14-28-55(47)64(2,62(52)41-46)43-21-7-4-8-22-43)45-35-38-61-54(40-45)51-27-13-18-32-60(51)65(61)58-30-16-11-24-48(58)49-25-12-17-31-59(49)65/h3-41H,1-2H3. The summed E-state index contributed by atoms with van der Waals surface area (Å²) in [6.07, 6.45) is 0. The van der Waals surface area contributed by atoms with Crippen molar-refractivity contribution in [3.8, 4) is 44.5 Å². The first-order valence-electron chi connectivity index (χ1n) is 23.3. The smallest absolute Gasteiger partial charge is 0.0725 e. The molecule has 0 aromatic heterocycles. The maximum Gasteiger partial charge on any atom is 0.0725 e. The topological polar surface area (TPSA) is 3.24 Å². The van der Waals surface area contributed by atoms with Gasteiger partial charge in [0.2, 0.25) is 0 Å². The molecular weight excluding hydrogens is 795 g/mol. The fourth-order valence-electron chi connectivity index (χ4n) is 13.1. The van der Waals surface area contributed by atoms with Crippen LogP contribution in [0.25, 0.3) is 44.5 Å². The van der Waals surface area contributed by atoms with Crippen molar-refractivity contribution in [2.45, 2.75) is 30.1 Å². The Morgan fingerprint density at radius 3 is 1.06 bits per heavy atom. The predicted molar refractivity (Wildman–Crippen MR) is 272 cm³/mol. The molecular formula is C65H45N. The lowest BCUT2D eigenvalue weighted by Gasteiger charge is -2.32. The van der Waals surface area contributed by atoms with Gasteiger partial charge in [-0.25, -0.2) is 0 Å². The van der Waals surface area contributed by atoms with Gasteiger partial charge in [0, 0.05) is 27.9 Å². The molecule has 1 spiro atoms. The van der Waals surface area contributed by atoms with E-state index in [1.807, 2.05) is 0 Å². The molecule has 0 bridgehead atoms. The average molecular weight is 840 g/mol. The molecule has 1 heteroatoms. The van der Waals surface area contributed by atoms with E-state index in [-0.39, 0.29) is 10.8 Å². The van der Waals surface area contributed by atoms with Crippen molar-refractivity contribution < 1.29 is 0 Å². The minimum absolute atomic E-state index is 0.285. The molecule has 2 unspecified atom stereocenters. The van der Waals surface area contributed by atoms with Crippen LogP contribution < -0.4 is 4.90 Å². The predicted octanol–water partition coefficient (Wildman–Crippen LogP) is 16.2. The molecule has 10 aromatic carbocycles. The SMILES string of the molecule is CC1(c2ccccc2)c2ccccc2-c2cc(N(c3ccc4c(c3)-c3ccccc3C43c4ccccc4-c4ccccc43)c3ccc4c(c3)C(C)(c3ccccc3)c3ccccc3-4)ccc21. The molecule has 0 N–H and O–H groups in total. The molecule has 4 aliphatic rings. The maximum atomic E-state index is 2.53. The largest absolute Gasteiger partial charge is 0.310 e. The van der Waals surface area contributed by atoms with Gasteiger partial charge >= 0.3 is 0 Å². The average Bonchev–Trinajstić information content (AvgIpc) is 4.04. The minimum Gasteiger partial charge on any atom is -0.310 e. The fourth-order valence-corrected chi connectivity index (χ4v) is 13.1. The van der Waals surface area contributed by atoms with Gasteiger partial charge in [-0.2, -0.15) is 0 Å². The van der Waals surface area contributed by atoms with Crippen molar-refractivity contribution in [2.75, 3.05) is 4.90 Å². The van der Waals surface area contributed by atoms with Gasteiger partial charge in [-0.15, -0.1) is 0 Å². The van der Waals surface area contributed by atoms with Gasteiger partial charge in [0.15, 0.2) is 0 Å². The molecule has 10 aromatic rings. The third-order valence-corrected chi connectivity index (χ3v) is 16.1. The second-order valence-corrected chi connectivity index (χ2v) is 19.0. The van der Waals surface area contributed by atoms with Crippen LogP contribution in [0.1, 0.15) is 69.5 Å². The Hall–Kier alpha value is -8.00. The van der Waals surface area contributed by atoms with Crippen LogP contribution in [0.15, 0.2) is 237 Å². The highest BCUT2D eigenvalue weighted by Crippen LogP contribution is 2.64. The molecule has 0 saturated heterocycles. The maximum absolute atomic E-state index is 2.53. The van der Waals surface area contributed by atoms with E-state index in [0.717, 1.165) is 17.1 Å². The summed E-state index contributed by atoms with van der Waals surface area (Å²) < 4.78 is 0. The van der Waals surface area contributed by atoms with Crippen molar-refractivity contribution in [1.29, 1.82) is 0 Å². The van der Waals surface area contributed by atoms with E-state index in [4.69, 9.17) is 0 Å². The quantitative estimate of drug-likeness (QED) is 0.167. The fraction of sp³-hybridized carbons (Fsp3) is 0.0769. The van der Waals surface area contributed by atoms with Crippen molar-refractivity contribution in [1.82, 2.24) is 0 Å². The van der Waals surface area contributed by atoms with E-state index in [2.05, 4.69) is 255 Å². The summed E-state index contributed by atoms with van der Waals surface area (Å²) in [7, 11) is 0. The molecule has 66 heavy (non-hydrogen) atoms. The first-order chi connectivity index (χ1) is 32.5. The molecule has 2 atom stereocenters. The second kappa shape index (κ2) is 13.5. The van der Waals surface area contributed by atoms with E-state index in [1.54, 1.807) is 0 Å². The Bertz CT molecular complexity index is 3590. The molecule has 0 heterocycles. The molecule has 0 radical (unpaired) electrons. The van der Waals surface area contributed by atoms with E-state index in [1.165, 1.54) is 100 Å². The molecule has 0 saturated carbocycles. The summed E-state index contributed by atoms with van der Waals surface area (Å²) in [6.45, 7) is 4.82. The summed E-state index contributed by atoms with van der Waals surface area (Å²) in [5, 5.41) is 0. The first-order valence-corrected chi connectivity index (χ1v) is 23.3. The Balaban J connectivity index is 1.02. The summed E-state index contributed by atoms with van der Waals surface area (Å²) in [4.78, 5) is 2.53. The Kier molecular flexibility index (Phi) is 7.66. The number of benzene rings is 10. The van der Waals surface area contributed by atoms with Crippen LogP contribution in [0.3, 0.4) is 0 Å². The summed E-state index contributed by atoms with van der Waals surface area (Å²) in [5.74, 6) is 0. The highest BCUT2D eigenvalue weighted by molar-refractivity contribution is 5.97. The van der Waals surface area contributed by atoms with Crippen LogP contribution in [0, 0.1) is 0 Å². The number of rotatable bonds is 5. The van der Waals surface area contributed by atoms with Crippen molar-refractivity contribution in [3.63, 3.8) is 0 Å². The molecule has 0 amide bonds. The lowest BCUT2D eigenvalue weighted by Crippen LogP contribution is -2.25. The van der Waals surface area contributed by atoms with Crippen LogP contribution in [0.2, 0.25) is 0 Å². The highest BCUT2D eigenvalue weighted by Gasteiger charge is 2.52. The zero-order valence-corrected chi connectivity index (χ0v) is 37.0. The van der Waals surface area contributed by atoms with Crippen LogP contribution in [-0.2, 0) is 16.2 Å². The van der Waals surface area contributed by atoms with Crippen LogP contribution in [0.4, 0.5) is 17.1 Å². The highest BCUT2D eigenvalue weighted by atomic mass is 15.1. The molecule has 1 nitrogen and oxygen atoms in total. The molecule has 0 aliphatic heterocycles. The van der Waals surface area contributed by atoms with Gasteiger partial charge in [-0.3, -0.25) is 0 Å². The lowest BCUT2D eigenvalue weighted by molar-refractivity contribution is 0.713. The van der Waals surface area contributed by atoms with Gasteiger partial charge in [0.1, 0.15) is 0 Å². The van der Waals surface area contributed by atoms with Gasteiger partial charge in [0.05, 0.1) is 5.41 Å². The zero-order chi connectivity index (χ0) is 43.8. The van der Waals surface area contributed by atoms with Gasteiger partial charge in [0.25, 0.3) is 0 Å². The second-order valence-electron chi connectivity index (χ2n) is 19.0. The van der Waals surface area contributed by atoms with Crippen LogP contribution >= 0.6 is 0 Å². The van der Waals surface area contributed by atoms with E-state index in [9.17, 15) is 0 Å². The summed E-state index contributed by atoms with van der Waals surface area (Å²) >= 11 is 0. The monoisotopic (exact) mass is 839 g/mol. The number of nitrogens with zero attached hydrogens (tertiary/aromatic N) is 1. The number of hydrogen-bond acceptors (Lipinski definition) is 1. The molecule has 0 fully saturated rings. The van der Waals surface area contributed by atoms with Crippen LogP contribution in [-0.4, -0.2) is 0 Å². The normalized spacial score (nSPS) is 18.1. The van der Waals surface area contributed by atoms with Gasteiger partial charge in [-0.1, -0.05) is 200 Å². The Labute approximate surface area is 387 Å². The van der Waals surface area contributed by atoms with Gasteiger partial charge in [-0.05, 0) is 150 Å². The van der Waals surface area contributed by atoms with E-state index >= 15 is 0 Å². The molecule has 4 aliphatic carbocycles.